The van der Waals surface area contributed by atoms with Gasteiger partial charge in [0.1, 0.15) is 24.1 Å². The molecule has 1 aliphatic heterocycles. The quantitative estimate of drug-likeness (QED) is 0.00493. The number of benzene rings is 5. The Morgan fingerprint density at radius 2 is 1.46 bits per heavy atom. The van der Waals surface area contributed by atoms with Gasteiger partial charge in [0.2, 0.25) is 17.8 Å². The molecule has 502 valence electrons. The number of amides is 3. The third-order valence-electron chi connectivity index (χ3n) is 16.3. The number of carboxylic acid groups (broad SMARTS) is 3. The molecule has 0 spiro atoms. The summed E-state index contributed by atoms with van der Waals surface area (Å²) in [4.78, 5) is 165. The van der Waals surface area contributed by atoms with Crippen LogP contribution in [0.1, 0.15) is 91.7 Å². The summed E-state index contributed by atoms with van der Waals surface area (Å²) in [6, 6.07) is 28.7. The molecule has 0 radical (unpaired) electrons. The standard InChI is InChI=1S/C67H64ClN11O16S2/c68-29-41-32-79(63(88)50-24-39-21-35(12-17-47(39)75-50)22-53(81)48-23-37-5-1-4-8-46(37)74-48)51-28-55(43-6-2-3-7-44(43)58(41)51)95-67(93)94-19-20-96-97-33-40(65(91)92)26-54(82)49(27-57(84)85)76-61(86)45(69)31-71-56(83)18-15-38(64(89)90)25-52(80)36-13-9-34(10-14-36)11-16-42-30-72-60-59(73-42)62(87)78-66(70)77-60/h1-10,12-14,17,21,23-24,28,30,38,40-41,45,49,74-75H,11,15-16,18-20,22,25-27,29,31-33,69H2,(H,71,83)(H,76,86)(H,84,85)(H,89,90)(H,91,92)(H3,70,72,77,78,87)/t38-,40-,41?,45-,49-/m0/s1. The van der Waals surface area contributed by atoms with Crippen LogP contribution < -0.4 is 37.3 Å². The van der Waals surface area contributed by atoms with E-state index in [9.17, 15) is 68.1 Å². The van der Waals surface area contributed by atoms with Crippen LogP contribution in [-0.4, -0.2) is 154 Å². The summed E-state index contributed by atoms with van der Waals surface area (Å²) in [5, 5.41) is 37.1. The van der Waals surface area contributed by atoms with Gasteiger partial charge in [0, 0.05) is 101 Å². The van der Waals surface area contributed by atoms with Gasteiger partial charge in [-0.25, -0.2) is 14.8 Å². The fourth-order valence-corrected chi connectivity index (χ4v) is 13.6. The fourth-order valence-electron chi connectivity index (χ4n) is 11.2. The molecule has 4 aromatic heterocycles. The SMILES string of the molecule is Nc1nc2ncc(CCc3ccc(C(=O)C[C@H](CCC(=O)NC[C@H](N)C(=O)N[C@@H](CC(=O)O)C(=O)C[C@@H](CSSCCOC(=O)Oc4cc5c(c6ccccc46)C(CCl)CN5C(=O)c4cc5cc(CC(=O)c6cc7ccccc7[nH]6)ccc5[nH]4)C(=O)O)C(=O)O)cc3)nc2c(=O)[nH]1. The summed E-state index contributed by atoms with van der Waals surface area (Å²) in [6.45, 7) is -0.490. The van der Waals surface area contributed by atoms with E-state index in [1.54, 1.807) is 53.4 Å². The number of nitrogens with one attached hydrogen (secondary N) is 5. The predicted molar refractivity (Wildman–Crippen MR) is 362 cm³/mol. The van der Waals surface area contributed by atoms with Crippen molar-refractivity contribution in [3.05, 3.63) is 165 Å². The number of fused-ring (bicyclic) bond motifs is 6. The van der Waals surface area contributed by atoms with Crippen LogP contribution in [0.25, 0.3) is 43.7 Å². The lowest BCUT2D eigenvalue weighted by Gasteiger charge is -2.21. The number of hydrogen-bond acceptors (Lipinski definition) is 20. The lowest BCUT2D eigenvalue weighted by atomic mass is 9.93. The molecule has 3 amide bonds. The van der Waals surface area contributed by atoms with Gasteiger partial charge < -0.3 is 61.8 Å². The Morgan fingerprint density at radius 1 is 0.753 bits per heavy atom. The van der Waals surface area contributed by atoms with E-state index in [0.29, 0.717) is 46.2 Å². The van der Waals surface area contributed by atoms with Crippen molar-refractivity contribution in [3.8, 4) is 5.75 Å². The number of nitrogens with zero attached hydrogens (tertiary/aromatic N) is 4. The van der Waals surface area contributed by atoms with Crippen molar-refractivity contribution in [2.75, 3.05) is 47.7 Å². The minimum Gasteiger partial charge on any atom is -0.481 e. The van der Waals surface area contributed by atoms with Crippen LogP contribution in [-0.2, 0) is 52.8 Å². The number of rotatable bonds is 32. The first-order valence-corrected chi connectivity index (χ1v) is 33.5. The largest absolute Gasteiger partial charge is 0.513 e. The molecule has 0 aliphatic carbocycles. The number of para-hydroxylation sites is 1. The van der Waals surface area contributed by atoms with Gasteiger partial charge in [-0.1, -0.05) is 94.4 Å². The summed E-state index contributed by atoms with van der Waals surface area (Å²) in [6.07, 6.45) is -1.29. The van der Waals surface area contributed by atoms with Crippen molar-refractivity contribution in [3.63, 3.8) is 0 Å². The molecule has 5 heterocycles. The number of hydrogen-bond donors (Lipinski definition) is 10. The fraction of sp³-hybridized carbons (Fsp3) is 0.284. The number of anilines is 2. The Bertz CT molecular complexity index is 4590. The number of ether oxygens (including phenoxy) is 2. The molecule has 0 fully saturated rings. The molecule has 27 nitrogen and oxygen atoms in total. The molecule has 12 N–H and O–H groups in total. The number of carbonyl (C=O) groups excluding carboxylic acids is 7. The maximum absolute atomic E-state index is 14.4. The normalized spacial score (nSPS) is 14.0. The van der Waals surface area contributed by atoms with E-state index in [1.807, 2.05) is 60.7 Å². The number of alkyl halides is 1. The molecule has 0 saturated carbocycles. The van der Waals surface area contributed by atoms with Crippen LogP contribution in [0.2, 0.25) is 0 Å². The first-order chi connectivity index (χ1) is 46.6. The van der Waals surface area contributed by atoms with Crippen molar-refractivity contribution in [2.24, 2.45) is 17.6 Å². The predicted octanol–water partition coefficient (Wildman–Crippen LogP) is 7.32. The Labute approximate surface area is 563 Å². The molecule has 5 aromatic carbocycles. The number of aromatic amines is 3. The van der Waals surface area contributed by atoms with Gasteiger partial charge in [0.25, 0.3) is 11.5 Å². The first-order valence-electron chi connectivity index (χ1n) is 30.5. The van der Waals surface area contributed by atoms with Crippen LogP contribution in [0.3, 0.4) is 0 Å². The number of carboxylic acids is 3. The number of halogens is 1. The van der Waals surface area contributed by atoms with Crippen LogP contribution >= 0.6 is 33.2 Å². The van der Waals surface area contributed by atoms with Gasteiger partial charge in [-0.3, -0.25) is 52.9 Å². The molecular formula is C67H64ClN11O16S2. The lowest BCUT2D eigenvalue weighted by Crippen LogP contribution is -2.53. The van der Waals surface area contributed by atoms with Gasteiger partial charge in [-0.05, 0) is 71.7 Å². The van der Waals surface area contributed by atoms with Crippen LogP contribution in [0.15, 0.2) is 120 Å². The summed E-state index contributed by atoms with van der Waals surface area (Å²) in [5.41, 5.74) is 17.1. The second kappa shape index (κ2) is 31.4. The van der Waals surface area contributed by atoms with Crippen LogP contribution in [0.5, 0.6) is 5.75 Å². The van der Waals surface area contributed by atoms with Gasteiger partial charge >= 0.3 is 24.1 Å². The Morgan fingerprint density at radius 3 is 2.21 bits per heavy atom. The van der Waals surface area contributed by atoms with Crippen molar-refractivity contribution in [1.29, 1.82) is 0 Å². The zero-order chi connectivity index (χ0) is 69.0. The molecule has 1 unspecified atom stereocenters. The number of Topliss-reactive ketones (excluding diaryl/α,β-unsaturated/α-hetero) is 3. The second-order valence-corrected chi connectivity index (χ2v) is 26.0. The molecule has 97 heavy (non-hydrogen) atoms. The number of nitrogens with two attached hydrogens (primary N) is 2. The lowest BCUT2D eigenvalue weighted by molar-refractivity contribution is -0.144. The van der Waals surface area contributed by atoms with Crippen molar-refractivity contribution >= 4 is 148 Å². The van der Waals surface area contributed by atoms with Crippen LogP contribution in [0, 0.1) is 11.8 Å². The Balaban J connectivity index is 0.654. The monoisotopic (exact) mass is 1380 g/mol. The van der Waals surface area contributed by atoms with E-state index >= 15 is 0 Å². The maximum atomic E-state index is 14.4. The summed E-state index contributed by atoms with van der Waals surface area (Å²) < 4.78 is 11.2. The maximum Gasteiger partial charge on any atom is 0.513 e. The number of nitrogen functional groups attached to an aromatic ring is 1. The Hall–Kier alpha value is -10.5. The number of H-pyrrole nitrogens is 3. The smallest absolute Gasteiger partial charge is 0.481 e. The summed E-state index contributed by atoms with van der Waals surface area (Å²) in [5.74, 6) is -10.6. The molecule has 0 saturated heterocycles. The highest BCUT2D eigenvalue weighted by atomic mass is 35.5. The molecule has 10 rings (SSSR count). The Kier molecular flexibility index (Phi) is 22.4. The van der Waals surface area contributed by atoms with E-state index < -0.39 is 103 Å². The van der Waals surface area contributed by atoms with E-state index in [-0.39, 0.29) is 102 Å². The zero-order valence-corrected chi connectivity index (χ0v) is 53.9. The van der Waals surface area contributed by atoms with Crippen LogP contribution in [0.4, 0.5) is 16.4 Å². The zero-order valence-electron chi connectivity index (χ0n) is 51.5. The minimum atomic E-state index is -1.71. The van der Waals surface area contributed by atoms with Gasteiger partial charge in [-0.15, -0.1) is 11.6 Å². The summed E-state index contributed by atoms with van der Waals surface area (Å²) in [7, 11) is 2.15. The van der Waals surface area contributed by atoms with Gasteiger partial charge in [-0.2, -0.15) is 4.98 Å². The van der Waals surface area contributed by atoms with E-state index in [1.165, 1.54) is 6.20 Å². The highest BCUT2D eigenvalue weighted by Crippen LogP contribution is 2.46. The third kappa shape index (κ3) is 17.3. The van der Waals surface area contributed by atoms with E-state index in [4.69, 9.17) is 32.5 Å². The molecule has 9 aromatic rings. The highest BCUT2D eigenvalue weighted by molar-refractivity contribution is 8.76. The van der Waals surface area contributed by atoms with E-state index in [2.05, 4.69) is 40.5 Å². The molecule has 0 bridgehead atoms. The van der Waals surface area contributed by atoms with Crippen molar-refractivity contribution < 1.29 is 72.7 Å². The molecular weight excluding hydrogens is 1310 g/mol. The second-order valence-electron chi connectivity index (χ2n) is 23.1. The average molecular weight is 1380 g/mol. The average Bonchev–Trinajstić information content (AvgIpc) is 1.61. The number of carbonyl (C=O) groups is 10. The number of aryl methyl sites for hydroxylation is 2. The molecule has 1 aliphatic rings. The highest BCUT2D eigenvalue weighted by Gasteiger charge is 2.37. The van der Waals surface area contributed by atoms with Crippen molar-refractivity contribution in [2.45, 2.75) is 69.4 Å². The molecule has 5 atom stereocenters. The number of ketones is 3. The van der Waals surface area contributed by atoms with Crippen molar-refractivity contribution in [1.82, 2.24) is 40.5 Å². The number of aromatic nitrogens is 6. The minimum absolute atomic E-state index is 0.0391. The van der Waals surface area contributed by atoms with Gasteiger partial charge in [0.05, 0.1) is 47.6 Å². The van der Waals surface area contributed by atoms with Gasteiger partial charge in [0.15, 0.2) is 28.5 Å². The van der Waals surface area contributed by atoms with E-state index in [0.717, 1.165) is 54.6 Å². The topological polar surface area (TPSA) is 432 Å². The molecule has 30 heteroatoms. The summed E-state index contributed by atoms with van der Waals surface area (Å²) >= 11 is 6.55. The first kappa shape index (κ1) is 69.3. The number of aliphatic carboxylic acids is 3. The third-order valence-corrected chi connectivity index (χ3v) is 19.1.